The standard InChI is InChI=1S/C19H21FN2O4S/c1-13-8-9-14(2)15(12-13)26-19(10-3-4-11-19)18(23)22-27(24,25)17-7-5-6-16(20)21-17/h5-9,12H,3-4,10-11H2,1-2H3,(H,22,23). The second-order valence-corrected chi connectivity index (χ2v) is 8.43. The van der Waals surface area contributed by atoms with Crippen LogP contribution in [-0.4, -0.2) is 24.9 Å². The van der Waals surface area contributed by atoms with Gasteiger partial charge in [0.1, 0.15) is 5.75 Å². The Morgan fingerprint density at radius 2 is 1.89 bits per heavy atom. The molecule has 0 atom stereocenters. The van der Waals surface area contributed by atoms with Crippen molar-refractivity contribution in [2.45, 2.75) is 50.2 Å². The molecule has 0 saturated heterocycles. The average Bonchev–Trinajstić information content (AvgIpc) is 3.08. The third-order valence-electron chi connectivity index (χ3n) is 4.67. The summed E-state index contributed by atoms with van der Waals surface area (Å²) in [7, 11) is -4.30. The van der Waals surface area contributed by atoms with Gasteiger partial charge in [0.2, 0.25) is 5.95 Å². The van der Waals surface area contributed by atoms with Gasteiger partial charge in [0.15, 0.2) is 10.6 Å². The van der Waals surface area contributed by atoms with Crippen molar-refractivity contribution in [2.24, 2.45) is 0 Å². The van der Waals surface area contributed by atoms with Crippen molar-refractivity contribution in [3.8, 4) is 5.75 Å². The molecule has 1 fully saturated rings. The van der Waals surface area contributed by atoms with E-state index in [1.807, 2.05) is 36.8 Å². The highest BCUT2D eigenvalue weighted by molar-refractivity contribution is 7.90. The molecule has 1 N–H and O–H groups in total. The lowest BCUT2D eigenvalue weighted by molar-refractivity contribution is -0.134. The number of hydrogen-bond donors (Lipinski definition) is 1. The van der Waals surface area contributed by atoms with E-state index in [0.717, 1.165) is 36.1 Å². The lowest BCUT2D eigenvalue weighted by Crippen LogP contribution is -2.51. The van der Waals surface area contributed by atoms with Crippen LogP contribution in [0.15, 0.2) is 41.4 Å². The molecule has 1 heterocycles. The number of aryl methyl sites for hydroxylation is 2. The monoisotopic (exact) mass is 392 g/mol. The summed E-state index contributed by atoms with van der Waals surface area (Å²) in [5, 5.41) is -0.546. The van der Waals surface area contributed by atoms with E-state index in [-0.39, 0.29) is 0 Å². The summed E-state index contributed by atoms with van der Waals surface area (Å²) in [6.45, 7) is 3.77. The first-order valence-electron chi connectivity index (χ1n) is 8.68. The minimum absolute atomic E-state index is 0.401. The van der Waals surface area contributed by atoms with Crippen LogP contribution < -0.4 is 9.46 Å². The number of carbonyl (C=O) groups excluding carboxylic acids is 1. The minimum Gasteiger partial charge on any atom is -0.477 e. The number of halogens is 1. The van der Waals surface area contributed by atoms with Crippen molar-refractivity contribution >= 4 is 15.9 Å². The van der Waals surface area contributed by atoms with Crippen LogP contribution in [0.25, 0.3) is 0 Å². The zero-order valence-electron chi connectivity index (χ0n) is 15.2. The van der Waals surface area contributed by atoms with Crippen LogP contribution >= 0.6 is 0 Å². The van der Waals surface area contributed by atoms with Gasteiger partial charge >= 0.3 is 0 Å². The van der Waals surface area contributed by atoms with Crippen molar-refractivity contribution < 1.29 is 22.3 Å². The molecule has 144 valence electrons. The molecule has 2 aromatic rings. The molecule has 1 amide bonds. The predicted molar refractivity (Wildman–Crippen MR) is 97.3 cm³/mol. The number of amides is 1. The number of aromatic nitrogens is 1. The van der Waals surface area contributed by atoms with Crippen LogP contribution in [-0.2, 0) is 14.8 Å². The predicted octanol–water partition coefficient (Wildman–Crippen LogP) is 3.03. The number of carbonyl (C=O) groups is 1. The Bertz CT molecular complexity index is 969. The van der Waals surface area contributed by atoms with Crippen LogP contribution in [0.2, 0.25) is 0 Å². The van der Waals surface area contributed by atoms with Gasteiger partial charge in [-0.2, -0.15) is 12.8 Å². The molecule has 0 spiro atoms. The maximum absolute atomic E-state index is 13.3. The maximum atomic E-state index is 13.3. The highest BCUT2D eigenvalue weighted by Crippen LogP contribution is 2.36. The average molecular weight is 392 g/mol. The first-order chi connectivity index (χ1) is 12.7. The molecule has 6 nitrogen and oxygen atoms in total. The summed E-state index contributed by atoms with van der Waals surface area (Å²) in [6.07, 6.45) is 2.30. The smallest absolute Gasteiger partial charge is 0.281 e. The van der Waals surface area contributed by atoms with Crippen molar-refractivity contribution in [3.05, 3.63) is 53.5 Å². The van der Waals surface area contributed by atoms with E-state index in [4.69, 9.17) is 4.74 Å². The quantitative estimate of drug-likeness (QED) is 0.791. The third kappa shape index (κ3) is 4.10. The Morgan fingerprint density at radius 1 is 1.19 bits per heavy atom. The molecule has 0 radical (unpaired) electrons. The second kappa shape index (κ2) is 7.26. The molecular weight excluding hydrogens is 371 g/mol. The Hall–Kier alpha value is -2.48. The molecule has 1 aromatic carbocycles. The number of pyridine rings is 1. The summed E-state index contributed by atoms with van der Waals surface area (Å²) < 4.78 is 46.3. The van der Waals surface area contributed by atoms with E-state index >= 15 is 0 Å². The molecular formula is C19H21FN2O4S. The molecule has 1 aliphatic carbocycles. The van der Waals surface area contributed by atoms with Gasteiger partial charge in [-0.3, -0.25) is 4.79 Å². The number of nitrogens with one attached hydrogen (secondary N) is 1. The van der Waals surface area contributed by atoms with Crippen molar-refractivity contribution in [1.29, 1.82) is 0 Å². The molecule has 1 saturated carbocycles. The molecule has 1 aliphatic rings. The van der Waals surface area contributed by atoms with Crippen molar-refractivity contribution in [2.75, 3.05) is 0 Å². The van der Waals surface area contributed by atoms with Gasteiger partial charge < -0.3 is 4.74 Å². The van der Waals surface area contributed by atoms with Crippen LogP contribution in [0, 0.1) is 19.8 Å². The fraction of sp³-hybridized carbons (Fsp3) is 0.368. The van der Waals surface area contributed by atoms with Crippen LogP contribution in [0.4, 0.5) is 4.39 Å². The van der Waals surface area contributed by atoms with E-state index in [1.54, 1.807) is 0 Å². The first-order valence-corrected chi connectivity index (χ1v) is 10.2. The molecule has 1 aromatic heterocycles. The number of sulfonamides is 1. The van der Waals surface area contributed by atoms with Gasteiger partial charge in [-0.05, 0) is 68.9 Å². The van der Waals surface area contributed by atoms with Gasteiger partial charge in [0.25, 0.3) is 15.9 Å². The van der Waals surface area contributed by atoms with Crippen LogP contribution in [0.5, 0.6) is 5.75 Å². The third-order valence-corrected chi connectivity index (χ3v) is 5.90. The fourth-order valence-electron chi connectivity index (χ4n) is 3.16. The Balaban J connectivity index is 1.88. The number of hydrogen-bond acceptors (Lipinski definition) is 5. The Labute approximate surface area is 157 Å². The highest BCUT2D eigenvalue weighted by Gasteiger charge is 2.45. The minimum atomic E-state index is -4.30. The summed E-state index contributed by atoms with van der Waals surface area (Å²) in [5.74, 6) is -1.15. The van der Waals surface area contributed by atoms with Gasteiger partial charge in [0.05, 0.1) is 0 Å². The summed E-state index contributed by atoms with van der Waals surface area (Å²) in [4.78, 5) is 16.3. The second-order valence-electron chi connectivity index (χ2n) is 6.81. The van der Waals surface area contributed by atoms with Gasteiger partial charge in [-0.1, -0.05) is 18.2 Å². The van der Waals surface area contributed by atoms with Gasteiger partial charge in [-0.15, -0.1) is 0 Å². The van der Waals surface area contributed by atoms with Crippen LogP contribution in [0.3, 0.4) is 0 Å². The Kier molecular flexibility index (Phi) is 5.19. The maximum Gasteiger partial charge on any atom is 0.281 e. The number of nitrogens with zero attached hydrogens (tertiary/aromatic N) is 1. The summed E-state index contributed by atoms with van der Waals surface area (Å²) in [6, 6.07) is 9.03. The lowest BCUT2D eigenvalue weighted by Gasteiger charge is -2.29. The van der Waals surface area contributed by atoms with E-state index < -0.39 is 32.5 Å². The zero-order chi connectivity index (χ0) is 19.7. The first kappa shape index (κ1) is 19.3. The lowest BCUT2D eigenvalue weighted by atomic mass is 10.0. The van der Waals surface area contributed by atoms with Crippen molar-refractivity contribution in [1.82, 2.24) is 9.71 Å². The number of benzene rings is 1. The van der Waals surface area contributed by atoms with E-state index in [0.29, 0.717) is 18.6 Å². The van der Waals surface area contributed by atoms with Crippen molar-refractivity contribution in [3.63, 3.8) is 0 Å². The molecule has 3 rings (SSSR count). The molecule has 0 unspecified atom stereocenters. The largest absolute Gasteiger partial charge is 0.477 e. The summed E-state index contributed by atoms with van der Waals surface area (Å²) >= 11 is 0. The number of rotatable bonds is 5. The van der Waals surface area contributed by atoms with Gasteiger partial charge in [0, 0.05) is 0 Å². The molecule has 0 bridgehead atoms. The van der Waals surface area contributed by atoms with Crippen LogP contribution in [0.1, 0.15) is 36.8 Å². The van der Waals surface area contributed by atoms with E-state index in [1.165, 1.54) is 6.07 Å². The molecule has 0 aliphatic heterocycles. The fourth-order valence-corrected chi connectivity index (χ4v) is 4.16. The number of ether oxygens (including phenoxy) is 1. The topological polar surface area (TPSA) is 85.4 Å². The van der Waals surface area contributed by atoms with E-state index in [9.17, 15) is 17.6 Å². The molecule has 27 heavy (non-hydrogen) atoms. The SMILES string of the molecule is Cc1ccc(C)c(OC2(C(=O)NS(=O)(=O)c3cccc(F)n3)CCCC2)c1. The normalized spacial score (nSPS) is 16.1. The Morgan fingerprint density at radius 3 is 2.56 bits per heavy atom. The molecule has 8 heteroatoms. The zero-order valence-corrected chi connectivity index (χ0v) is 16.0. The van der Waals surface area contributed by atoms with Gasteiger partial charge in [-0.25, -0.2) is 9.71 Å². The summed E-state index contributed by atoms with van der Waals surface area (Å²) in [5.41, 5.74) is 0.550. The highest BCUT2D eigenvalue weighted by atomic mass is 32.2. The van der Waals surface area contributed by atoms with E-state index in [2.05, 4.69) is 4.98 Å².